The molecule has 3 atom stereocenters. The molecule has 1 aromatic rings. The SMILES string of the molecule is C[C@@H]1CC[C@H](C(=O)N[C@H](Cc2ccccc2)C(=O)O)O1. The number of carbonyl (C=O) groups excluding carboxylic acids is 1. The largest absolute Gasteiger partial charge is 0.480 e. The van der Waals surface area contributed by atoms with E-state index in [1.54, 1.807) is 0 Å². The highest BCUT2D eigenvalue weighted by molar-refractivity contribution is 5.86. The molecule has 0 bridgehead atoms. The Morgan fingerprint density at radius 2 is 2.05 bits per heavy atom. The van der Waals surface area contributed by atoms with E-state index in [9.17, 15) is 14.7 Å². The highest BCUT2D eigenvalue weighted by Crippen LogP contribution is 2.19. The first kappa shape index (κ1) is 14.5. The van der Waals surface area contributed by atoms with Gasteiger partial charge in [-0.05, 0) is 25.3 Å². The highest BCUT2D eigenvalue weighted by Gasteiger charge is 2.31. The predicted molar refractivity (Wildman–Crippen MR) is 73.3 cm³/mol. The highest BCUT2D eigenvalue weighted by atomic mass is 16.5. The number of carbonyl (C=O) groups is 2. The van der Waals surface area contributed by atoms with Gasteiger partial charge in [0.25, 0.3) is 0 Å². The van der Waals surface area contributed by atoms with Gasteiger partial charge in [0.2, 0.25) is 5.91 Å². The lowest BCUT2D eigenvalue weighted by atomic mass is 10.1. The van der Waals surface area contributed by atoms with Gasteiger partial charge in [-0.25, -0.2) is 4.79 Å². The molecule has 1 aliphatic heterocycles. The number of amides is 1. The van der Waals surface area contributed by atoms with E-state index in [1.807, 2.05) is 37.3 Å². The summed E-state index contributed by atoms with van der Waals surface area (Å²) < 4.78 is 5.45. The number of ether oxygens (including phenoxy) is 1. The second-order valence-corrected chi connectivity index (χ2v) is 5.10. The number of nitrogens with one attached hydrogen (secondary N) is 1. The summed E-state index contributed by atoms with van der Waals surface area (Å²) in [6.45, 7) is 1.91. The number of hydrogen-bond acceptors (Lipinski definition) is 3. The Balaban J connectivity index is 1.96. The molecule has 5 nitrogen and oxygen atoms in total. The molecule has 1 aliphatic rings. The van der Waals surface area contributed by atoms with Gasteiger partial charge in [0.1, 0.15) is 12.1 Å². The van der Waals surface area contributed by atoms with Crippen LogP contribution in [0.2, 0.25) is 0 Å². The summed E-state index contributed by atoms with van der Waals surface area (Å²) in [5, 5.41) is 11.8. The number of carboxylic acids is 1. The Hall–Kier alpha value is -1.88. The van der Waals surface area contributed by atoms with Gasteiger partial charge in [-0.15, -0.1) is 0 Å². The summed E-state index contributed by atoms with van der Waals surface area (Å²) in [6, 6.07) is 8.32. The quantitative estimate of drug-likeness (QED) is 0.852. The predicted octanol–water partition coefficient (Wildman–Crippen LogP) is 1.37. The van der Waals surface area contributed by atoms with Crippen LogP contribution in [0.3, 0.4) is 0 Å². The standard InChI is InChI=1S/C15H19NO4/c1-10-7-8-13(20-10)14(17)16-12(15(18)19)9-11-5-3-2-4-6-11/h2-6,10,12-13H,7-9H2,1H3,(H,16,17)(H,18,19)/t10-,12-,13-/m1/s1. The summed E-state index contributed by atoms with van der Waals surface area (Å²) in [6.07, 6.45) is 1.27. The number of rotatable bonds is 5. The zero-order valence-corrected chi connectivity index (χ0v) is 11.4. The van der Waals surface area contributed by atoms with Crippen molar-refractivity contribution in [1.82, 2.24) is 5.32 Å². The van der Waals surface area contributed by atoms with Crippen molar-refractivity contribution in [2.75, 3.05) is 0 Å². The molecule has 0 unspecified atom stereocenters. The fourth-order valence-electron chi connectivity index (χ4n) is 2.31. The third kappa shape index (κ3) is 3.81. The van der Waals surface area contributed by atoms with Crippen LogP contribution in [0.5, 0.6) is 0 Å². The normalized spacial score (nSPS) is 23.2. The van der Waals surface area contributed by atoms with Gasteiger partial charge >= 0.3 is 5.97 Å². The van der Waals surface area contributed by atoms with Crippen molar-refractivity contribution in [3.8, 4) is 0 Å². The Labute approximate surface area is 117 Å². The van der Waals surface area contributed by atoms with Crippen LogP contribution in [0.15, 0.2) is 30.3 Å². The molecule has 0 radical (unpaired) electrons. The lowest BCUT2D eigenvalue weighted by molar-refractivity contribution is -0.144. The minimum Gasteiger partial charge on any atom is -0.480 e. The van der Waals surface area contributed by atoms with Crippen molar-refractivity contribution in [2.45, 2.75) is 44.4 Å². The van der Waals surface area contributed by atoms with Crippen LogP contribution in [0.25, 0.3) is 0 Å². The molecule has 0 spiro atoms. The van der Waals surface area contributed by atoms with Gasteiger partial charge in [-0.2, -0.15) is 0 Å². The molecule has 1 fully saturated rings. The molecule has 0 saturated carbocycles. The lowest BCUT2D eigenvalue weighted by Crippen LogP contribution is -2.46. The van der Waals surface area contributed by atoms with Crippen molar-refractivity contribution >= 4 is 11.9 Å². The van der Waals surface area contributed by atoms with Gasteiger partial charge in [0.15, 0.2) is 0 Å². The number of hydrogen-bond donors (Lipinski definition) is 2. The van der Waals surface area contributed by atoms with Crippen LogP contribution < -0.4 is 5.32 Å². The molecule has 1 heterocycles. The van der Waals surface area contributed by atoms with E-state index in [2.05, 4.69) is 5.32 Å². The second-order valence-electron chi connectivity index (χ2n) is 5.10. The van der Waals surface area contributed by atoms with E-state index >= 15 is 0 Å². The Bertz CT molecular complexity index is 474. The summed E-state index contributed by atoms with van der Waals surface area (Å²) in [5.74, 6) is -1.37. The molecular formula is C15H19NO4. The van der Waals surface area contributed by atoms with E-state index in [0.717, 1.165) is 12.0 Å². The van der Waals surface area contributed by atoms with Gasteiger partial charge in [-0.3, -0.25) is 4.79 Å². The molecule has 1 saturated heterocycles. The summed E-state index contributed by atoms with van der Waals surface area (Å²) in [7, 11) is 0. The Morgan fingerprint density at radius 3 is 2.60 bits per heavy atom. The average molecular weight is 277 g/mol. The van der Waals surface area contributed by atoms with Crippen molar-refractivity contribution in [1.29, 1.82) is 0 Å². The molecular weight excluding hydrogens is 258 g/mol. The van der Waals surface area contributed by atoms with E-state index in [0.29, 0.717) is 6.42 Å². The van der Waals surface area contributed by atoms with Crippen LogP contribution in [0.4, 0.5) is 0 Å². The summed E-state index contributed by atoms with van der Waals surface area (Å²) in [5.41, 5.74) is 0.876. The van der Waals surface area contributed by atoms with Gasteiger partial charge < -0.3 is 15.2 Å². The average Bonchev–Trinajstić information content (AvgIpc) is 2.86. The smallest absolute Gasteiger partial charge is 0.326 e. The van der Waals surface area contributed by atoms with Crippen molar-refractivity contribution in [2.24, 2.45) is 0 Å². The molecule has 1 aromatic carbocycles. The molecule has 5 heteroatoms. The van der Waals surface area contributed by atoms with E-state index in [4.69, 9.17) is 4.74 Å². The van der Waals surface area contributed by atoms with Crippen LogP contribution in [0, 0.1) is 0 Å². The maximum atomic E-state index is 12.0. The van der Waals surface area contributed by atoms with E-state index < -0.39 is 18.1 Å². The molecule has 20 heavy (non-hydrogen) atoms. The van der Waals surface area contributed by atoms with Crippen LogP contribution in [-0.2, 0) is 20.7 Å². The molecule has 2 rings (SSSR count). The number of aliphatic carboxylic acids is 1. The second kappa shape index (κ2) is 6.52. The van der Waals surface area contributed by atoms with Crippen LogP contribution in [-0.4, -0.2) is 35.2 Å². The summed E-state index contributed by atoms with van der Waals surface area (Å²) >= 11 is 0. The fourth-order valence-corrected chi connectivity index (χ4v) is 2.31. The van der Waals surface area contributed by atoms with Gasteiger partial charge in [0.05, 0.1) is 6.10 Å². The molecule has 0 aromatic heterocycles. The Kier molecular flexibility index (Phi) is 4.74. The number of carboxylic acid groups (broad SMARTS) is 1. The first-order valence-electron chi connectivity index (χ1n) is 6.79. The maximum absolute atomic E-state index is 12.0. The van der Waals surface area contributed by atoms with Crippen molar-refractivity contribution in [3.05, 3.63) is 35.9 Å². The van der Waals surface area contributed by atoms with E-state index in [1.165, 1.54) is 0 Å². The van der Waals surface area contributed by atoms with Crippen molar-refractivity contribution in [3.63, 3.8) is 0 Å². The van der Waals surface area contributed by atoms with E-state index in [-0.39, 0.29) is 18.4 Å². The zero-order valence-electron chi connectivity index (χ0n) is 11.4. The van der Waals surface area contributed by atoms with Crippen molar-refractivity contribution < 1.29 is 19.4 Å². The molecule has 0 aliphatic carbocycles. The zero-order chi connectivity index (χ0) is 14.5. The maximum Gasteiger partial charge on any atom is 0.326 e. The third-order valence-corrected chi connectivity index (χ3v) is 3.42. The molecule has 2 N–H and O–H groups in total. The Morgan fingerprint density at radius 1 is 1.35 bits per heavy atom. The lowest BCUT2D eigenvalue weighted by Gasteiger charge is -2.17. The minimum atomic E-state index is -1.03. The molecule has 108 valence electrons. The monoisotopic (exact) mass is 277 g/mol. The first-order valence-corrected chi connectivity index (χ1v) is 6.79. The third-order valence-electron chi connectivity index (χ3n) is 3.42. The molecule has 1 amide bonds. The summed E-state index contributed by atoms with van der Waals surface area (Å²) in [4.78, 5) is 23.3. The topological polar surface area (TPSA) is 75.6 Å². The van der Waals surface area contributed by atoms with Gasteiger partial charge in [0, 0.05) is 6.42 Å². The van der Waals surface area contributed by atoms with Gasteiger partial charge in [-0.1, -0.05) is 30.3 Å². The first-order chi connectivity index (χ1) is 9.56. The van der Waals surface area contributed by atoms with Crippen LogP contribution in [0.1, 0.15) is 25.3 Å². The van der Waals surface area contributed by atoms with Crippen LogP contribution >= 0.6 is 0 Å². The number of benzene rings is 1. The minimum absolute atomic E-state index is 0.0585. The fraction of sp³-hybridized carbons (Fsp3) is 0.467.